The molecule has 56 valence electrons. The minimum absolute atomic E-state index is 0.0949. The van der Waals surface area contributed by atoms with E-state index in [-0.39, 0.29) is 12.0 Å². The van der Waals surface area contributed by atoms with E-state index in [1.54, 1.807) is 24.3 Å². The Labute approximate surface area is 63.6 Å². The van der Waals surface area contributed by atoms with Crippen molar-refractivity contribution in [2.45, 2.75) is 6.10 Å². The van der Waals surface area contributed by atoms with Gasteiger partial charge in [0.25, 0.3) is 0 Å². The van der Waals surface area contributed by atoms with E-state index in [1.807, 2.05) is 0 Å². The third-order valence-electron chi connectivity index (χ3n) is 1.37. The fraction of sp³-hybridized carbons (Fsp3) is 0.500. The molecule has 0 saturated heterocycles. The van der Waals surface area contributed by atoms with Crippen LogP contribution in [0.25, 0.3) is 0 Å². The second-order valence-corrected chi connectivity index (χ2v) is 2.90. The summed E-state index contributed by atoms with van der Waals surface area (Å²) < 4.78 is 5.00. The van der Waals surface area contributed by atoms with Gasteiger partial charge in [0.05, 0.1) is 11.7 Å². The number of ether oxygens (including phenoxy) is 1. The standard InChI is InChI=1S/C6H9NO2S/c1-9-5-3-10-2-4(5)6(7)8/h2,5H,3H2,1H3,(H2,7,8). The fourth-order valence-electron chi connectivity index (χ4n) is 0.803. The second kappa shape index (κ2) is 3.07. The molecular formula is C6H9NO2S. The molecule has 0 saturated carbocycles. The summed E-state index contributed by atoms with van der Waals surface area (Å²) in [5.41, 5.74) is 5.65. The largest absolute Gasteiger partial charge is 0.376 e. The molecule has 4 heteroatoms. The molecular weight excluding hydrogens is 150 g/mol. The molecule has 0 bridgehead atoms. The Kier molecular flexibility index (Phi) is 2.34. The van der Waals surface area contributed by atoms with Crippen molar-refractivity contribution < 1.29 is 9.53 Å². The fourth-order valence-corrected chi connectivity index (χ4v) is 1.84. The van der Waals surface area contributed by atoms with E-state index in [1.165, 1.54) is 0 Å². The van der Waals surface area contributed by atoms with Gasteiger partial charge in [-0.3, -0.25) is 4.79 Å². The molecule has 1 heterocycles. The van der Waals surface area contributed by atoms with Gasteiger partial charge in [0.15, 0.2) is 0 Å². The quantitative estimate of drug-likeness (QED) is 0.622. The van der Waals surface area contributed by atoms with Crippen molar-refractivity contribution in [3.05, 3.63) is 11.0 Å². The molecule has 0 aliphatic carbocycles. The smallest absolute Gasteiger partial charge is 0.247 e. The Morgan fingerprint density at radius 3 is 3.10 bits per heavy atom. The second-order valence-electron chi connectivity index (χ2n) is 2.00. The number of primary amides is 1. The number of thioether (sulfide) groups is 1. The number of methoxy groups -OCH3 is 1. The molecule has 3 nitrogen and oxygen atoms in total. The van der Waals surface area contributed by atoms with Gasteiger partial charge in [-0.15, -0.1) is 11.8 Å². The van der Waals surface area contributed by atoms with Crippen molar-refractivity contribution in [2.75, 3.05) is 12.9 Å². The summed E-state index contributed by atoms with van der Waals surface area (Å²) in [4.78, 5) is 10.6. The highest BCUT2D eigenvalue weighted by molar-refractivity contribution is 8.02. The Morgan fingerprint density at radius 1 is 2.00 bits per heavy atom. The highest BCUT2D eigenvalue weighted by Crippen LogP contribution is 2.23. The van der Waals surface area contributed by atoms with Gasteiger partial charge in [-0.25, -0.2) is 0 Å². The van der Waals surface area contributed by atoms with Crippen LogP contribution in [0.15, 0.2) is 11.0 Å². The Bertz CT molecular complexity index is 179. The van der Waals surface area contributed by atoms with E-state index < -0.39 is 0 Å². The minimum Gasteiger partial charge on any atom is -0.376 e. The SMILES string of the molecule is COC1CSC=C1C(N)=O. The molecule has 0 radical (unpaired) electrons. The first-order chi connectivity index (χ1) is 4.75. The molecule has 1 rings (SSSR count). The van der Waals surface area contributed by atoms with Crippen molar-refractivity contribution >= 4 is 17.7 Å². The van der Waals surface area contributed by atoms with Crippen LogP contribution in [0.2, 0.25) is 0 Å². The van der Waals surface area contributed by atoms with Crippen LogP contribution in [0.1, 0.15) is 0 Å². The first kappa shape index (κ1) is 7.63. The number of carbonyl (C=O) groups excluding carboxylic acids is 1. The van der Waals surface area contributed by atoms with E-state index in [9.17, 15) is 4.79 Å². The van der Waals surface area contributed by atoms with Crippen LogP contribution in [-0.2, 0) is 9.53 Å². The number of nitrogens with two attached hydrogens (primary N) is 1. The molecule has 1 amide bonds. The molecule has 0 aromatic heterocycles. The lowest BCUT2D eigenvalue weighted by Crippen LogP contribution is -2.24. The van der Waals surface area contributed by atoms with Crippen molar-refractivity contribution in [3.8, 4) is 0 Å². The van der Waals surface area contributed by atoms with Gasteiger partial charge in [-0.05, 0) is 5.41 Å². The third kappa shape index (κ3) is 1.33. The van der Waals surface area contributed by atoms with Crippen LogP contribution in [0.3, 0.4) is 0 Å². The lowest BCUT2D eigenvalue weighted by atomic mass is 10.2. The number of carbonyl (C=O) groups is 1. The van der Waals surface area contributed by atoms with Crippen LogP contribution in [-0.4, -0.2) is 24.9 Å². The number of hydrogen-bond donors (Lipinski definition) is 1. The zero-order valence-corrected chi connectivity index (χ0v) is 6.48. The molecule has 10 heavy (non-hydrogen) atoms. The Balaban J connectivity index is 2.65. The average molecular weight is 159 g/mol. The summed E-state index contributed by atoms with van der Waals surface area (Å²) in [7, 11) is 1.58. The molecule has 1 aliphatic rings. The van der Waals surface area contributed by atoms with Crippen molar-refractivity contribution in [3.63, 3.8) is 0 Å². The molecule has 0 aromatic rings. The number of amides is 1. The van der Waals surface area contributed by atoms with Crippen LogP contribution in [0, 0.1) is 0 Å². The van der Waals surface area contributed by atoms with Gasteiger partial charge in [0.1, 0.15) is 0 Å². The van der Waals surface area contributed by atoms with Crippen molar-refractivity contribution in [1.29, 1.82) is 0 Å². The maximum absolute atomic E-state index is 10.6. The molecule has 0 aromatic carbocycles. The summed E-state index contributed by atoms with van der Waals surface area (Å²) in [6, 6.07) is 0. The van der Waals surface area contributed by atoms with E-state index in [0.29, 0.717) is 5.57 Å². The zero-order chi connectivity index (χ0) is 7.56. The first-order valence-electron chi connectivity index (χ1n) is 2.90. The van der Waals surface area contributed by atoms with Crippen LogP contribution < -0.4 is 5.73 Å². The summed E-state index contributed by atoms with van der Waals surface area (Å²) >= 11 is 1.56. The molecule has 1 unspecified atom stereocenters. The lowest BCUT2D eigenvalue weighted by molar-refractivity contribution is -0.115. The predicted molar refractivity (Wildman–Crippen MR) is 40.5 cm³/mol. The van der Waals surface area contributed by atoms with Gasteiger partial charge in [0.2, 0.25) is 5.91 Å². The molecule has 0 fully saturated rings. The summed E-state index contributed by atoms with van der Waals surface area (Å²) in [5, 5.41) is 1.76. The molecule has 0 spiro atoms. The number of hydrogen-bond acceptors (Lipinski definition) is 3. The topological polar surface area (TPSA) is 52.3 Å². The highest BCUT2D eigenvalue weighted by Gasteiger charge is 2.22. The van der Waals surface area contributed by atoms with Gasteiger partial charge in [0, 0.05) is 12.9 Å². The summed E-state index contributed by atoms with van der Waals surface area (Å²) in [5.74, 6) is 0.422. The molecule has 2 N–H and O–H groups in total. The molecule has 1 aliphatic heterocycles. The van der Waals surface area contributed by atoms with Gasteiger partial charge in [-0.2, -0.15) is 0 Å². The normalized spacial score (nSPS) is 24.5. The van der Waals surface area contributed by atoms with E-state index >= 15 is 0 Å². The Morgan fingerprint density at radius 2 is 2.70 bits per heavy atom. The zero-order valence-electron chi connectivity index (χ0n) is 5.66. The predicted octanol–water partition coefficient (Wildman–Crippen LogP) is 0.117. The van der Waals surface area contributed by atoms with Crippen LogP contribution in [0.5, 0.6) is 0 Å². The highest BCUT2D eigenvalue weighted by atomic mass is 32.2. The van der Waals surface area contributed by atoms with Crippen LogP contribution in [0.4, 0.5) is 0 Å². The third-order valence-corrected chi connectivity index (χ3v) is 2.29. The van der Waals surface area contributed by atoms with E-state index in [4.69, 9.17) is 10.5 Å². The summed E-state index contributed by atoms with van der Waals surface area (Å²) in [6.45, 7) is 0. The first-order valence-corrected chi connectivity index (χ1v) is 3.95. The maximum Gasteiger partial charge on any atom is 0.247 e. The van der Waals surface area contributed by atoms with E-state index in [0.717, 1.165) is 5.75 Å². The lowest BCUT2D eigenvalue weighted by Gasteiger charge is -2.07. The van der Waals surface area contributed by atoms with Gasteiger partial charge >= 0.3 is 0 Å². The number of rotatable bonds is 2. The van der Waals surface area contributed by atoms with Gasteiger partial charge in [-0.1, -0.05) is 0 Å². The molecule has 1 atom stereocenters. The minimum atomic E-state index is -0.378. The van der Waals surface area contributed by atoms with Gasteiger partial charge < -0.3 is 10.5 Å². The summed E-state index contributed by atoms with van der Waals surface area (Å²) in [6.07, 6.45) is -0.0949. The maximum atomic E-state index is 10.6. The average Bonchev–Trinajstić information content (AvgIpc) is 2.33. The van der Waals surface area contributed by atoms with E-state index in [2.05, 4.69) is 0 Å². The monoisotopic (exact) mass is 159 g/mol. The van der Waals surface area contributed by atoms with Crippen LogP contribution >= 0.6 is 11.8 Å². The van der Waals surface area contributed by atoms with Crippen molar-refractivity contribution in [1.82, 2.24) is 0 Å². The Hall–Kier alpha value is -0.480. The van der Waals surface area contributed by atoms with Crippen molar-refractivity contribution in [2.24, 2.45) is 5.73 Å².